The van der Waals surface area contributed by atoms with Crippen molar-refractivity contribution in [3.8, 4) is 0 Å². The van der Waals surface area contributed by atoms with Crippen LogP contribution in [0, 0.1) is 6.92 Å². The van der Waals surface area contributed by atoms with Crippen molar-refractivity contribution in [1.29, 1.82) is 0 Å². The molecule has 0 amide bonds. The highest BCUT2D eigenvalue weighted by atomic mass is 15.3. The van der Waals surface area contributed by atoms with Gasteiger partial charge in [0.15, 0.2) is 0 Å². The van der Waals surface area contributed by atoms with Gasteiger partial charge in [-0.1, -0.05) is 0 Å². The van der Waals surface area contributed by atoms with Crippen molar-refractivity contribution in [3.63, 3.8) is 0 Å². The minimum atomic E-state index is 0.806. The average molecular weight is 419 g/mol. The van der Waals surface area contributed by atoms with Gasteiger partial charge < -0.3 is 19.6 Å². The summed E-state index contributed by atoms with van der Waals surface area (Å²) in [6.07, 6.45) is 10.5. The van der Waals surface area contributed by atoms with Crippen molar-refractivity contribution < 1.29 is 0 Å². The molecule has 10 heteroatoms. The zero-order valence-electron chi connectivity index (χ0n) is 17.7. The van der Waals surface area contributed by atoms with E-state index < -0.39 is 0 Å². The summed E-state index contributed by atoms with van der Waals surface area (Å²) >= 11 is 0. The predicted molar refractivity (Wildman–Crippen MR) is 120 cm³/mol. The van der Waals surface area contributed by atoms with E-state index in [0.717, 1.165) is 81.5 Å². The van der Waals surface area contributed by atoms with Gasteiger partial charge in [-0.05, 0) is 6.92 Å². The predicted octanol–water partition coefficient (Wildman–Crippen LogP) is 1.02. The van der Waals surface area contributed by atoms with Gasteiger partial charge in [0, 0.05) is 83.2 Å². The van der Waals surface area contributed by atoms with E-state index in [0.29, 0.717) is 0 Å². The highest BCUT2D eigenvalue weighted by Crippen LogP contribution is 2.23. The lowest BCUT2D eigenvalue weighted by atomic mass is 10.2. The molecule has 160 valence electrons. The van der Waals surface area contributed by atoms with Crippen molar-refractivity contribution in [2.24, 2.45) is 0 Å². The van der Waals surface area contributed by atoms with Crippen LogP contribution in [0.1, 0.15) is 5.82 Å². The van der Waals surface area contributed by atoms with Gasteiger partial charge in [-0.15, -0.1) is 0 Å². The SMILES string of the molecule is Cc1nc(N2CCN(c3cnccn3)CC2)cc(N2CCN(c3cnccn3)CC2)n1. The van der Waals surface area contributed by atoms with Crippen LogP contribution in [0.3, 0.4) is 0 Å². The molecule has 3 aromatic heterocycles. The molecule has 0 atom stereocenters. The maximum Gasteiger partial charge on any atom is 0.147 e. The minimum absolute atomic E-state index is 0.806. The Morgan fingerprint density at radius 1 is 0.548 bits per heavy atom. The number of nitrogens with zero attached hydrogens (tertiary/aromatic N) is 10. The van der Waals surface area contributed by atoms with Crippen LogP contribution >= 0.6 is 0 Å². The first kappa shape index (κ1) is 19.4. The second-order valence-corrected chi connectivity index (χ2v) is 7.71. The molecule has 0 radical (unpaired) electrons. The molecule has 0 aliphatic carbocycles. The highest BCUT2D eigenvalue weighted by Gasteiger charge is 2.23. The van der Waals surface area contributed by atoms with Crippen molar-refractivity contribution in [2.75, 3.05) is 72.0 Å². The van der Waals surface area contributed by atoms with Crippen LogP contribution in [0.25, 0.3) is 0 Å². The van der Waals surface area contributed by atoms with Crippen LogP contribution in [-0.4, -0.2) is 82.3 Å². The second-order valence-electron chi connectivity index (χ2n) is 7.71. The Bertz CT molecular complexity index is 906. The smallest absolute Gasteiger partial charge is 0.147 e. The van der Waals surface area contributed by atoms with E-state index in [-0.39, 0.29) is 0 Å². The third kappa shape index (κ3) is 4.32. The molecule has 31 heavy (non-hydrogen) atoms. The fraction of sp³-hybridized carbons (Fsp3) is 0.429. The van der Waals surface area contributed by atoms with Crippen LogP contribution in [0.15, 0.2) is 43.2 Å². The molecule has 3 aromatic rings. The summed E-state index contributed by atoms with van der Waals surface area (Å²) in [5.74, 6) is 4.67. The van der Waals surface area contributed by atoms with E-state index in [1.54, 1.807) is 24.8 Å². The fourth-order valence-corrected chi connectivity index (χ4v) is 4.10. The summed E-state index contributed by atoms with van der Waals surface area (Å²) in [5.41, 5.74) is 0. The first-order valence-corrected chi connectivity index (χ1v) is 10.6. The third-order valence-corrected chi connectivity index (χ3v) is 5.77. The molecule has 10 nitrogen and oxygen atoms in total. The quantitative estimate of drug-likeness (QED) is 0.611. The van der Waals surface area contributed by atoms with Crippen molar-refractivity contribution in [3.05, 3.63) is 49.1 Å². The Hall–Kier alpha value is -3.56. The zero-order valence-corrected chi connectivity index (χ0v) is 17.7. The summed E-state index contributed by atoms with van der Waals surface area (Å²) < 4.78 is 0. The van der Waals surface area contributed by atoms with Crippen LogP contribution in [0.2, 0.25) is 0 Å². The molecule has 2 aliphatic rings. The van der Waals surface area contributed by atoms with E-state index in [1.165, 1.54) is 0 Å². The molecule has 0 bridgehead atoms. The van der Waals surface area contributed by atoms with Crippen LogP contribution in [0.5, 0.6) is 0 Å². The largest absolute Gasteiger partial charge is 0.353 e. The maximum absolute atomic E-state index is 4.73. The Morgan fingerprint density at radius 3 is 1.29 bits per heavy atom. The molecular formula is C21H26N10. The molecule has 2 aliphatic heterocycles. The van der Waals surface area contributed by atoms with Gasteiger partial charge in [-0.3, -0.25) is 9.97 Å². The van der Waals surface area contributed by atoms with Crippen LogP contribution in [-0.2, 0) is 0 Å². The van der Waals surface area contributed by atoms with Gasteiger partial charge in [-0.25, -0.2) is 19.9 Å². The van der Waals surface area contributed by atoms with Gasteiger partial charge >= 0.3 is 0 Å². The molecule has 5 rings (SSSR count). The normalized spacial score (nSPS) is 17.2. The highest BCUT2D eigenvalue weighted by molar-refractivity contribution is 5.53. The number of aryl methyl sites for hydroxylation is 1. The molecule has 2 fully saturated rings. The lowest BCUT2D eigenvalue weighted by Crippen LogP contribution is -2.48. The molecule has 0 saturated carbocycles. The lowest BCUT2D eigenvalue weighted by molar-refractivity contribution is 0.630. The summed E-state index contributed by atoms with van der Waals surface area (Å²) in [5, 5.41) is 0. The molecule has 0 N–H and O–H groups in total. The molecule has 0 unspecified atom stereocenters. The van der Waals surface area contributed by atoms with Gasteiger partial charge in [0.25, 0.3) is 0 Å². The monoisotopic (exact) mass is 418 g/mol. The summed E-state index contributed by atoms with van der Waals surface area (Å²) in [6.45, 7) is 9.14. The van der Waals surface area contributed by atoms with Crippen molar-refractivity contribution in [2.45, 2.75) is 6.92 Å². The Morgan fingerprint density at radius 2 is 0.935 bits per heavy atom. The lowest BCUT2D eigenvalue weighted by Gasteiger charge is -2.37. The number of piperazine rings is 2. The van der Waals surface area contributed by atoms with E-state index in [2.05, 4.69) is 45.6 Å². The molecule has 0 spiro atoms. The maximum atomic E-state index is 4.73. The number of hydrogen-bond acceptors (Lipinski definition) is 10. The van der Waals surface area contributed by atoms with Crippen molar-refractivity contribution >= 4 is 23.3 Å². The number of hydrogen-bond donors (Lipinski definition) is 0. The number of rotatable bonds is 4. The van der Waals surface area contributed by atoms with Crippen molar-refractivity contribution in [1.82, 2.24) is 29.9 Å². The Kier molecular flexibility index (Phi) is 5.42. The number of aromatic nitrogens is 6. The molecule has 5 heterocycles. The van der Waals surface area contributed by atoms with E-state index in [4.69, 9.17) is 9.97 Å². The molecular weight excluding hydrogens is 392 g/mol. The summed E-state index contributed by atoms with van der Waals surface area (Å²) in [6, 6.07) is 2.13. The van der Waals surface area contributed by atoms with Crippen LogP contribution in [0.4, 0.5) is 23.3 Å². The van der Waals surface area contributed by atoms with E-state index >= 15 is 0 Å². The summed E-state index contributed by atoms with van der Waals surface area (Å²) in [4.78, 5) is 35.9. The third-order valence-electron chi connectivity index (χ3n) is 5.77. The van der Waals surface area contributed by atoms with E-state index in [9.17, 15) is 0 Å². The van der Waals surface area contributed by atoms with Gasteiger partial charge in [-0.2, -0.15) is 0 Å². The minimum Gasteiger partial charge on any atom is -0.353 e. The first-order chi connectivity index (χ1) is 15.3. The van der Waals surface area contributed by atoms with Crippen LogP contribution < -0.4 is 19.6 Å². The summed E-state index contributed by atoms with van der Waals surface area (Å²) in [7, 11) is 0. The van der Waals surface area contributed by atoms with Gasteiger partial charge in [0.1, 0.15) is 29.1 Å². The second kappa shape index (κ2) is 8.66. The Balaban J connectivity index is 1.24. The topological polar surface area (TPSA) is 90.3 Å². The standard InChI is InChI=1S/C21H26N10/c1-17-26-18(28-6-10-30(11-7-28)20-15-22-2-4-24-20)14-19(27-17)29-8-12-31(13-9-29)21-16-23-3-5-25-21/h2-5,14-16H,6-13H2,1H3. The number of anilines is 4. The Labute approximate surface area is 181 Å². The molecule has 2 saturated heterocycles. The fourth-order valence-electron chi connectivity index (χ4n) is 4.10. The zero-order chi connectivity index (χ0) is 21.0. The van der Waals surface area contributed by atoms with E-state index in [1.807, 2.05) is 19.3 Å². The average Bonchev–Trinajstić information content (AvgIpc) is 2.85. The van der Waals surface area contributed by atoms with Gasteiger partial charge in [0.2, 0.25) is 0 Å². The molecule has 0 aromatic carbocycles. The van der Waals surface area contributed by atoms with Gasteiger partial charge in [0.05, 0.1) is 12.4 Å². The first-order valence-electron chi connectivity index (χ1n) is 10.6.